The van der Waals surface area contributed by atoms with E-state index >= 15 is 0 Å². The Kier molecular flexibility index (Phi) is 3.68. The van der Waals surface area contributed by atoms with Crippen LogP contribution >= 0.6 is 0 Å². The van der Waals surface area contributed by atoms with Gasteiger partial charge in [-0.2, -0.15) is 0 Å². The Morgan fingerprint density at radius 3 is 2.73 bits per heavy atom. The van der Waals surface area contributed by atoms with Crippen molar-refractivity contribution in [2.75, 3.05) is 0 Å². The van der Waals surface area contributed by atoms with E-state index in [2.05, 4.69) is 0 Å². The molecule has 0 heterocycles. The average Bonchev–Trinajstić information content (AvgIpc) is 2.20. The van der Waals surface area contributed by atoms with E-state index in [9.17, 15) is 9.90 Å². The maximum absolute atomic E-state index is 10.7. The largest absolute Gasteiger partial charge is 0.507 e. The molecule has 0 bridgehead atoms. The van der Waals surface area contributed by atoms with Gasteiger partial charge in [0.1, 0.15) is 11.3 Å². The lowest BCUT2D eigenvalue weighted by atomic mass is 10.0. The zero-order chi connectivity index (χ0) is 11.4. The highest BCUT2D eigenvalue weighted by Gasteiger charge is 2.11. The minimum absolute atomic E-state index is 0.0242. The first-order valence-corrected chi connectivity index (χ1v) is 4.85. The standard InChI is InChI=1S/C11H15NO3/c1-2-8(12)5-7-3-4-10(13)9(6-7)11(14)15/h3-4,6,8,13H,2,5,12H2,1H3,(H,14,15)/t8-/m1/s1. The first-order chi connectivity index (χ1) is 7.04. The lowest BCUT2D eigenvalue weighted by molar-refractivity contribution is 0.0693. The molecule has 1 aromatic rings. The molecule has 0 amide bonds. The van der Waals surface area contributed by atoms with E-state index in [1.54, 1.807) is 6.07 Å². The maximum Gasteiger partial charge on any atom is 0.339 e. The van der Waals surface area contributed by atoms with Crippen molar-refractivity contribution in [2.24, 2.45) is 5.73 Å². The Morgan fingerprint density at radius 2 is 2.20 bits per heavy atom. The van der Waals surface area contributed by atoms with Gasteiger partial charge in [0.15, 0.2) is 0 Å². The van der Waals surface area contributed by atoms with Crippen LogP contribution in [0.4, 0.5) is 0 Å². The van der Waals surface area contributed by atoms with Gasteiger partial charge in [0.2, 0.25) is 0 Å². The van der Waals surface area contributed by atoms with Crippen LogP contribution in [0.3, 0.4) is 0 Å². The molecular weight excluding hydrogens is 194 g/mol. The number of carboxylic acid groups (broad SMARTS) is 1. The second-order valence-electron chi connectivity index (χ2n) is 3.53. The van der Waals surface area contributed by atoms with Gasteiger partial charge in [-0.3, -0.25) is 0 Å². The summed E-state index contributed by atoms with van der Waals surface area (Å²) in [7, 11) is 0. The molecule has 4 heteroatoms. The van der Waals surface area contributed by atoms with Crippen LogP contribution in [0, 0.1) is 0 Å². The summed E-state index contributed by atoms with van der Waals surface area (Å²) in [5.74, 6) is -1.34. The Labute approximate surface area is 88.3 Å². The normalized spacial score (nSPS) is 12.4. The molecule has 0 saturated heterocycles. The predicted molar refractivity (Wildman–Crippen MR) is 57.0 cm³/mol. The molecule has 82 valence electrons. The average molecular weight is 209 g/mol. The molecule has 0 aromatic heterocycles. The Bertz CT molecular complexity index is 363. The van der Waals surface area contributed by atoms with Crippen LogP contribution in [0.5, 0.6) is 5.75 Å². The van der Waals surface area contributed by atoms with E-state index < -0.39 is 5.97 Å². The molecule has 1 rings (SSSR count). The second-order valence-corrected chi connectivity index (χ2v) is 3.53. The highest BCUT2D eigenvalue weighted by molar-refractivity contribution is 5.90. The van der Waals surface area contributed by atoms with Gasteiger partial charge in [-0.05, 0) is 30.5 Å². The molecule has 0 aliphatic carbocycles. The fraction of sp³-hybridized carbons (Fsp3) is 0.364. The summed E-state index contributed by atoms with van der Waals surface area (Å²) in [5.41, 5.74) is 6.52. The van der Waals surface area contributed by atoms with E-state index in [4.69, 9.17) is 10.8 Å². The van der Waals surface area contributed by atoms with Crippen LogP contribution in [0.2, 0.25) is 0 Å². The molecule has 15 heavy (non-hydrogen) atoms. The summed E-state index contributed by atoms with van der Waals surface area (Å²) in [4.78, 5) is 10.7. The Balaban J connectivity index is 2.92. The summed E-state index contributed by atoms with van der Waals surface area (Å²) >= 11 is 0. The molecule has 1 aromatic carbocycles. The van der Waals surface area contributed by atoms with Gasteiger partial charge >= 0.3 is 5.97 Å². The number of phenols is 1. The SMILES string of the molecule is CC[C@@H](N)Cc1ccc(O)c(C(=O)O)c1. The number of hydrogen-bond donors (Lipinski definition) is 3. The van der Waals surface area contributed by atoms with Gasteiger partial charge in [-0.15, -0.1) is 0 Å². The van der Waals surface area contributed by atoms with Crippen LogP contribution in [0.25, 0.3) is 0 Å². The van der Waals surface area contributed by atoms with Crippen molar-refractivity contribution in [1.29, 1.82) is 0 Å². The zero-order valence-electron chi connectivity index (χ0n) is 8.60. The number of aromatic hydroxyl groups is 1. The highest BCUT2D eigenvalue weighted by Crippen LogP contribution is 2.19. The fourth-order valence-corrected chi connectivity index (χ4v) is 1.33. The topological polar surface area (TPSA) is 83.5 Å². The van der Waals surface area contributed by atoms with E-state index in [0.717, 1.165) is 12.0 Å². The molecule has 0 fully saturated rings. The van der Waals surface area contributed by atoms with Crippen LogP contribution in [0.15, 0.2) is 18.2 Å². The third-order valence-electron chi connectivity index (χ3n) is 2.31. The zero-order valence-corrected chi connectivity index (χ0v) is 8.60. The fourth-order valence-electron chi connectivity index (χ4n) is 1.33. The smallest absolute Gasteiger partial charge is 0.339 e. The first-order valence-electron chi connectivity index (χ1n) is 4.85. The van der Waals surface area contributed by atoms with Crippen molar-refractivity contribution in [3.63, 3.8) is 0 Å². The van der Waals surface area contributed by atoms with E-state index in [0.29, 0.717) is 6.42 Å². The quantitative estimate of drug-likeness (QED) is 0.699. The molecule has 0 spiro atoms. The minimum atomic E-state index is -1.13. The molecule has 1 atom stereocenters. The van der Waals surface area contributed by atoms with Gasteiger partial charge < -0.3 is 15.9 Å². The molecule has 4 nitrogen and oxygen atoms in total. The Morgan fingerprint density at radius 1 is 1.53 bits per heavy atom. The number of aromatic carboxylic acids is 1. The van der Waals surface area contributed by atoms with Crippen molar-refractivity contribution < 1.29 is 15.0 Å². The van der Waals surface area contributed by atoms with Crippen molar-refractivity contribution in [2.45, 2.75) is 25.8 Å². The van der Waals surface area contributed by atoms with Gasteiger partial charge in [-0.25, -0.2) is 4.79 Å². The van der Waals surface area contributed by atoms with Crippen LogP contribution in [0.1, 0.15) is 29.3 Å². The summed E-state index contributed by atoms with van der Waals surface area (Å²) in [6, 6.07) is 4.57. The number of rotatable bonds is 4. The van der Waals surface area contributed by atoms with Crippen LogP contribution in [-0.2, 0) is 6.42 Å². The lowest BCUT2D eigenvalue weighted by Gasteiger charge is -2.09. The van der Waals surface area contributed by atoms with Gasteiger partial charge in [0, 0.05) is 6.04 Å². The molecule has 0 aliphatic rings. The van der Waals surface area contributed by atoms with Crippen molar-refractivity contribution in [1.82, 2.24) is 0 Å². The Hall–Kier alpha value is -1.55. The molecule has 0 saturated carbocycles. The third kappa shape index (κ3) is 2.95. The predicted octanol–water partition coefficient (Wildman–Crippen LogP) is 1.37. The van der Waals surface area contributed by atoms with E-state index in [1.165, 1.54) is 12.1 Å². The number of carboxylic acids is 1. The van der Waals surface area contributed by atoms with Crippen molar-refractivity contribution in [3.05, 3.63) is 29.3 Å². The first kappa shape index (κ1) is 11.5. The summed E-state index contributed by atoms with van der Waals surface area (Å²) in [5, 5.41) is 18.1. The molecular formula is C11H15NO3. The van der Waals surface area contributed by atoms with Gasteiger partial charge in [-0.1, -0.05) is 13.0 Å². The van der Waals surface area contributed by atoms with E-state index in [-0.39, 0.29) is 17.4 Å². The highest BCUT2D eigenvalue weighted by atomic mass is 16.4. The van der Waals surface area contributed by atoms with Gasteiger partial charge in [0.05, 0.1) is 0 Å². The monoisotopic (exact) mass is 209 g/mol. The summed E-state index contributed by atoms with van der Waals surface area (Å²) in [6.45, 7) is 1.98. The lowest BCUT2D eigenvalue weighted by Crippen LogP contribution is -2.21. The third-order valence-corrected chi connectivity index (χ3v) is 2.31. The number of benzene rings is 1. The van der Waals surface area contributed by atoms with E-state index in [1.807, 2.05) is 6.92 Å². The molecule has 0 radical (unpaired) electrons. The minimum Gasteiger partial charge on any atom is -0.507 e. The number of hydrogen-bond acceptors (Lipinski definition) is 3. The number of nitrogens with two attached hydrogens (primary N) is 1. The van der Waals surface area contributed by atoms with Crippen molar-refractivity contribution in [3.8, 4) is 5.75 Å². The van der Waals surface area contributed by atoms with Crippen LogP contribution < -0.4 is 5.73 Å². The number of carbonyl (C=O) groups is 1. The van der Waals surface area contributed by atoms with Crippen LogP contribution in [-0.4, -0.2) is 22.2 Å². The molecule has 4 N–H and O–H groups in total. The summed E-state index contributed by atoms with van der Waals surface area (Å²) < 4.78 is 0. The second kappa shape index (κ2) is 4.79. The molecule has 0 aliphatic heterocycles. The summed E-state index contributed by atoms with van der Waals surface area (Å²) in [6.07, 6.45) is 1.46. The maximum atomic E-state index is 10.7. The molecule has 0 unspecified atom stereocenters. The van der Waals surface area contributed by atoms with Crippen molar-refractivity contribution >= 4 is 5.97 Å². The van der Waals surface area contributed by atoms with Gasteiger partial charge in [0.25, 0.3) is 0 Å².